The van der Waals surface area contributed by atoms with Crippen molar-refractivity contribution in [3.05, 3.63) is 101 Å². The number of aromatic nitrogens is 2. The van der Waals surface area contributed by atoms with E-state index in [0.29, 0.717) is 53.5 Å². The van der Waals surface area contributed by atoms with E-state index >= 15 is 0 Å². The number of halogens is 1. The second kappa shape index (κ2) is 14.5. The highest BCUT2D eigenvalue weighted by Gasteiger charge is 2.16. The van der Waals surface area contributed by atoms with Crippen molar-refractivity contribution < 1.29 is 28.2 Å². The second-order valence-electron chi connectivity index (χ2n) is 11.5. The van der Waals surface area contributed by atoms with E-state index in [1.165, 1.54) is 6.07 Å². The topological polar surface area (TPSA) is 122 Å². The largest absolute Gasteiger partial charge is 0.457 e. The van der Waals surface area contributed by atoms with Crippen LogP contribution in [0.5, 0.6) is 11.5 Å². The average molecular weight is 601 g/mol. The fourth-order valence-electron chi connectivity index (χ4n) is 4.35. The standard InChI is InChI=1S/C34H37FN4O5/c1-22-6-11-29(35)24(16-22)18-26(40)17-23-7-9-27(10-8-23)43-28-12-15-36-31(20-28)30-19-25(21-39-30)32(41)37-13-5-14-38-33(42)44-34(2,3)4/h6-12,15-16,19-21,39H,5,13-14,17-18H2,1-4H3,(H,37,41)(H,38,42). The Morgan fingerprint density at radius 3 is 2.41 bits per heavy atom. The lowest BCUT2D eigenvalue weighted by Gasteiger charge is -2.19. The molecule has 0 bridgehead atoms. The number of ether oxygens (including phenoxy) is 2. The number of carbonyl (C=O) groups excluding carboxylic acids is 3. The summed E-state index contributed by atoms with van der Waals surface area (Å²) >= 11 is 0. The van der Waals surface area contributed by atoms with Gasteiger partial charge < -0.3 is 25.1 Å². The highest BCUT2D eigenvalue weighted by molar-refractivity contribution is 5.95. The molecule has 0 radical (unpaired) electrons. The van der Waals surface area contributed by atoms with Crippen molar-refractivity contribution in [1.82, 2.24) is 20.6 Å². The Morgan fingerprint density at radius 1 is 0.909 bits per heavy atom. The third-order valence-corrected chi connectivity index (χ3v) is 6.41. The van der Waals surface area contributed by atoms with E-state index in [4.69, 9.17) is 9.47 Å². The Morgan fingerprint density at radius 2 is 1.66 bits per heavy atom. The van der Waals surface area contributed by atoms with Crippen molar-refractivity contribution in [2.75, 3.05) is 13.1 Å². The summed E-state index contributed by atoms with van der Waals surface area (Å²) in [6.45, 7) is 8.01. The number of Topliss-reactive ketones (excluding diaryl/α,β-unsaturated/α-hetero) is 1. The number of ketones is 1. The average Bonchev–Trinajstić information content (AvgIpc) is 3.46. The molecule has 0 spiro atoms. The van der Waals surface area contributed by atoms with Gasteiger partial charge in [-0.05, 0) is 75.6 Å². The summed E-state index contributed by atoms with van der Waals surface area (Å²) in [6.07, 6.45) is 3.51. The fraction of sp³-hybridized carbons (Fsp3) is 0.294. The molecular weight excluding hydrogens is 563 g/mol. The van der Waals surface area contributed by atoms with E-state index in [-0.39, 0.29) is 30.3 Å². The van der Waals surface area contributed by atoms with Gasteiger partial charge in [0.2, 0.25) is 0 Å². The molecule has 230 valence electrons. The number of H-pyrrole nitrogens is 1. The van der Waals surface area contributed by atoms with Gasteiger partial charge in [-0.2, -0.15) is 0 Å². The smallest absolute Gasteiger partial charge is 0.407 e. The van der Waals surface area contributed by atoms with Gasteiger partial charge in [0.25, 0.3) is 5.91 Å². The molecule has 9 nitrogen and oxygen atoms in total. The first-order valence-electron chi connectivity index (χ1n) is 14.4. The fourth-order valence-corrected chi connectivity index (χ4v) is 4.35. The lowest BCUT2D eigenvalue weighted by atomic mass is 10.0. The Labute approximate surface area is 256 Å². The molecule has 2 aromatic heterocycles. The number of hydrogen-bond donors (Lipinski definition) is 3. The molecule has 2 aromatic carbocycles. The van der Waals surface area contributed by atoms with Crippen LogP contribution in [0.1, 0.15) is 54.2 Å². The molecule has 0 saturated carbocycles. The molecule has 0 saturated heterocycles. The van der Waals surface area contributed by atoms with Gasteiger partial charge in [-0.25, -0.2) is 9.18 Å². The van der Waals surface area contributed by atoms with Crippen LogP contribution in [-0.2, 0) is 22.4 Å². The molecule has 0 atom stereocenters. The van der Waals surface area contributed by atoms with Crippen LogP contribution in [-0.4, -0.2) is 46.4 Å². The minimum absolute atomic E-state index is 0.0427. The third kappa shape index (κ3) is 9.79. The first-order chi connectivity index (χ1) is 20.9. The van der Waals surface area contributed by atoms with Crippen LogP contribution < -0.4 is 15.4 Å². The number of amides is 2. The number of nitrogens with zero attached hydrogens (tertiary/aromatic N) is 1. The monoisotopic (exact) mass is 600 g/mol. The highest BCUT2D eigenvalue weighted by Crippen LogP contribution is 2.26. The van der Waals surface area contributed by atoms with E-state index < -0.39 is 11.7 Å². The molecule has 2 heterocycles. The Hall–Kier alpha value is -4.99. The minimum Gasteiger partial charge on any atom is -0.457 e. The first-order valence-corrected chi connectivity index (χ1v) is 14.4. The molecule has 0 fully saturated rings. The number of hydrogen-bond acceptors (Lipinski definition) is 6. The van der Waals surface area contributed by atoms with Gasteiger partial charge in [0.1, 0.15) is 28.7 Å². The third-order valence-electron chi connectivity index (χ3n) is 6.41. The normalized spacial score (nSPS) is 11.1. The lowest BCUT2D eigenvalue weighted by molar-refractivity contribution is -0.117. The van der Waals surface area contributed by atoms with Crippen molar-refractivity contribution in [3.63, 3.8) is 0 Å². The maximum Gasteiger partial charge on any atom is 0.407 e. The summed E-state index contributed by atoms with van der Waals surface area (Å²) < 4.78 is 25.2. The number of alkyl carbamates (subject to hydrolysis) is 1. The van der Waals surface area contributed by atoms with Crippen molar-refractivity contribution in [2.24, 2.45) is 0 Å². The van der Waals surface area contributed by atoms with E-state index in [1.54, 1.807) is 75.6 Å². The zero-order valence-electron chi connectivity index (χ0n) is 25.3. The summed E-state index contributed by atoms with van der Waals surface area (Å²) in [5.41, 5.74) is 3.25. The number of aryl methyl sites for hydroxylation is 1. The van der Waals surface area contributed by atoms with Crippen molar-refractivity contribution in [1.29, 1.82) is 0 Å². The van der Waals surface area contributed by atoms with Crippen LogP contribution in [0, 0.1) is 12.7 Å². The minimum atomic E-state index is -0.564. The van der Waals surface area contributed by atoms with E-state index in [0.717, 1.165) is 11.1 Å². The maximum absolute atomic E-state index is 14.0. The zero-order chi connectivity index (χ0) is 31.7. The summed E-state index contributed by atoms with van der Waals surface area (Å²) in [6, 6.07) is 17.1. The van der Waals surface area contributed by atoms with Crippen molar-refractivity contribution >= 4 is 17.8 Å². The van der Waals surface area contributed by atoms with Gasteiger partial charge >= 0.3 is 6.09 Å². The Balaban J connectivity index is 1.26. The highest BCUT2D eigenvalue weighted by atomic mass is 19.1. The Bertz CT molecular complexity index is 1610. The molecule has 10 heteroatoms. The quantitative estimate of drug-likeness (QED) is 0.164. The molecule has 4 aromatic rings. The molecule has 3 N–H and O–H groups in total. The molecule has 4 rings (SSSR count). The molecule has 0 aliphatic heterocycles. The molecule has 44 heavy (non-hydrogen) atoms. The lowest BCUT2D eigenvalue weighted by Crippen LogP contribution is -2.34. The Kier molecular flexibility index (Phi) is 10.5. The van der Waals surface area contributed by atoms with Gasteiger partial charge in [-0.3, -0.25) is 14.6 Å². The maximum atomic E-state index is 14.0. The van der Waals surface area contributed by atoms with Crippen molar-refractivity contribution in [3.8, 4) is 22.9 Å². The van der Waals surface area contributed by atoms with Gasteiger partial charge in [0.15, 0.2) is 0 Å². The number of benzene rings is 2. The SMILES string of the molecule is Cc1ccc(F)c(CC(=O)Cc2ccc(Oc3ccnc(-c4cc(C(=O)NCCCNC(=O)OC(C)(C)C)c[nH]4)c3)cc2)c1. The summed E-state index contributed by atoms with van der Waals surface area (Å²) in [7, 11) is 0. The van der Waals surface area contributed by atoms with Crippen LogP contribution in [0.3, 0.4) is 0 Å². The van der Waals surface area contributed by atoms with Crippen LogP contribution in [0.15, 0.2) is 73.1 Å². The second-order valence-corrected chi connectivity index (χ2v) is 11.5. The molecule has 2 amide bonds. The molecule has 0 aliphatic rings. The summed E-state index contributed by atoms with van der Waals surface area (Å²) in [5.74, 6) is 0.434. The summed E-state index contributed by atoms with van der Waals surface area (Å²) in [5, 5.41) is 5.49. The van der Waals surface area contributed by atoms with E-state index in [9.17, 15) is 18.8 Å². The molecular formula is C34H37FN4O5. The predicted octanol–water partition coefficient (Wildman–Crippen LogP) is 6.32. The molecule has 0 unspecified atom stereocenters. The van der Waals surface area contributed by atoms with E-state index in [1.807, 2.05) is 19.1 Å². The van der Waals surface area contributed by atoms with Crippen LogP contribution >= 0.6 is 0 Å². The van der Waals surface area contributed by atoms with Crippen LogP contribution in [0.25, 0.3) is 11.4 Å². The number of nitrogens with one attached hydrogen (secondary N) is 3. The number of carbonyl (C=O) groups is 3. The van der Waals surface area contributed by atoms with Crippen LogP contribution in [0.2, 0.25) is 0 Å². The van der Waals surface area contributed by atoms with E-state index in [2.05, 4.69) is 20.6 Å². The van der Waals surface area contributed by atoms with Gasteiger partial charge in [0, 0.05) is 44.4 Å². The zero-order valence-corrected chi connectivity index (χ0v) is 25.3. The van der Waals surface area contributed by atoms with Crippen LogP contribution in [0.4, 0.5) is 9.18 Å². The number of aromatic amines is 1. The number of rotatable bonds is 12. The number of pyridine rings is 1. The van der Waals surface area contributed by atoms with Gasteiger partial charge in [0.05, 0.1) is 17.0 Å². The molecule has 0 aliphatic carbocycles. The first kappa shape index (κ1) is 31.9. The van der Waals surface area contributed by atoms with Gasteiger partial charge in [-0.1, -0.05) is 29.8 Å². The van der Waals surface area contributed by atoms with Crippen molar-refractivity contribution in [2.45, 2.75) is 52.6 Å². The summed E-state index contributed by atoms with van der Waals surface area (Å²) in [4.78, 5) is 44.3. The van der Waals surface area contributed by atoms with Gasteiger partial charge in [-0.15, -0.1) is 0 Å². The predicted molar refractivity (Wildman–Crippen MR) is 165 cm³/mol.